The number of methoxy groups -OCH3 is 1. The predicted octanol–water partition coefficient (Wildman–Crippen LogP) is 5.82. The molecular formula is C22H19NO. The normalized spacial score (nSPS) is 10.9. The van der Waals surface area contributed by atoms with E-state index in [4.69, 9.17) is 4.74 Å². The minimum atomic E-state index is 0.868. The first-order chi connectivity index (χ1) is 11.8. The van der Waals surface area contributed by atoms with Gasteiger partial charge in [-0.05, 0) is 54.4 Å². The van der Waals surface area contributed by atoms with Crippen LogP contribution in [-0.2, 0) is 0 Å². The monoisotopic (exact) mass is 313 g/mol. The summed E-state index contributed by atoms with van der Waals surface area (Å²) in [6, 6.07) is 25.3. The number of H-pyrrole nitrogens is 1. The summed E-state index contributed by atoms with van der Waals surface area (Å²) in [4.78, 5) is 3.60. The molecule has 2 nitrogen and oxygen atoms in total. The highest BCUT2D eigenvalue weighted by molar-refractivity contribution is 6.04. The molecule has 4 aromatic rings. The number of ether oxygens (including phenoxy) is 1. The van der Waals surface area contributed by atoms with Crippen LogP contribution in [-0.4, -0.2) is 12.1 Å². The summed E-state index contributed by atoms with van der Waals surface area (Å²) in [5.41, 5.74) is 7.19. The van der Waals surface area contributed by atoms with E-state index in [-0.39, 0.29) is 0 Å². The molecule has 1 aromatic heterocycles. The average molecular weight is 313 g/mol. The molecule has 0 fully saturated rings. The third-order valence-electron chi connectivity index (χ3n) is 4.40. The Balaban J connectivity index is 2.00. The third kappa shape index (κ3) is 2.46. The van der Waals surface area contributed by atoms with Gasteiger partial charge in [0, 0.05) is 16.5 Å². The lowest BCUT2D eigenvalue weighted by Gasteiger charge is -2.07. The number of fused-ring (bicyclic) bond motifs is 1. The molecule has 1 N–H and O–H groups in total. The van der Waals surface area contributed by atoms with E-state index in [9.17, 15) is 0 Å². The lowest BCUT2D eigenvalue weighted by molar-refractivity contribution is 0.415. The summed E-state index contributed by atoms with van der Waals surface area (Å²) in [6.45, 7) is 2.13. The predicted molar refractivity (Wildman–Crippen MR) is 100 cm³/mol. The van der Waals surface area contributed by atoms with Gasteiger partial charge in [-0.3, -0.25) is 0 Å². The van der Waals surface area contributed by atoms with E-state index in [2.05, 4.69) is 72.6 Å². The van der Waals surface area contributed by atoms with E-state index in [1.807, 2.05) is 12.1 Å². The van der Waals surface area contributed by atoms with Crippen LogP contribution < -0.4 is 4.74 Å². The van der Waals surface area contributed by atoms with E-state index in [0.717, 1.165) is 22.5 Å². The van der Waals surface area contributed by atoms with Crippen LogP contribution in [0.4, 0.5) is 0 Å². The molecular weight excluding hydrogens is 294 g/mol. The molecule has 2 heteroatoms. The van der Waals surface area contributed by atoms with Crippen LogP contribution in [0.3, 0.4) is 0 Å². The first-order valence-corrected chi connectivity index (χ1v) is 8.08. The minimum absolute atomic E-state index is 0.868. The fraction of sp³-hybridized carbons (Fsp3) is 0.0909. The first-order valence-electron chi connectivity index (χ1n) is 8.08. The summed E-state index contributed by atoms with van der Waals surface area (Å²) < 4.78 is 5.28. The number of aryl methyl sites for hydroxylation is 1. The van der Waals surface area contributed by atoms with Crippen molar-refractivity contribution in [3.05, 3.63) is 78.4 Å². The molecule has 0 aliphatic rings. The van der Waals surface area contributed by atoms with Crippen LogP contribution in [0.25, 0.3) is 33.3 Å². The second-order valence-corrected chi connectivity index (χ2v) is 6.02. The summed E-state index contributed by atoms with van der Waals surface area (Å²) >= 11 is 0. The maximum atomic E-state index is 5.28. The minimum Gasteiger partial charge on any atom is -0.497 e. The number of hydrogen-bond donors (Lipinski definition) is 1. The standard InChI is InChI=1S/C22H19NO/c1-15-8-13-20-19(14-15)21(16-6-4-3-5-7-16)22(23-20)17-9-11-18(24-2)12-10-17/h3-14,23H,1-2H3. The summed E-state index contributed by atoms with van der Waals surface area (Å²) in [6.07, 6.45) is 0. The third-order valence-corrected chi connectivity index (χ3v) is 4.40. The highest BCUT2D eigenvalue weighted by atomic mass is 16.5. The lowest BCUT2D eigenvalue weighted by Crippen LogP contribution is -1.85. The molecule has 118 valence electrons. The fourth-order valence-corrected chi connectivity index (χ4v) is 3.18. The second kappa shape index (κ2) is 5.89. The zero-order valence-corrected chi connectivity index (χ0v) is 13.8. The fourth-order valence-electron chi connectivity index (χ4n) is 3.18. The number of aromatic nitrogens is 1. The molecule has 24 heavy (non-hydrogen) atoms. The molecule has 0 radical (unpaired) electrons. The van der Waals surface area contributed by atoms with Gasteiger partial charge in [0.2, 0.25) is 0 Å². The Labute approximate surface area is 141 Å². The van der Waals surface area contributed by atoms with Crippen LogP contribution in [0.1, 0.15) is 5.56 Å². The van der Waals surface area contributed by atoms with Gasteiger partial charge in [-0.15, -0.1) is 0 Å². The van der Waals surface area contributed by atoms with Crippen molar-refractivity contribution in [2.24, 2.45) is 0 Å². The van der Waals surface area contributed by atoms with Crippen LogP contribution in [0.5, 0.6) is 5.75 Å². The maximum Gasteiger partial charge on any atom is 0.118 e. The van der Waals surface area contributed by atoms with E-state index in [1.54, 1.807) is 7.11 Å². The Morgan fingerprint density at radius 3 is 2.25 bits per heavy atom. The number of nitrogens with one attached hydrogen (secondary N) is 1. The molecule has 0 aliphatic carbocycles. The van der Waals surface area contributed by atoms with Gasteiger partial charge in [-0.1, -0.05) is 42.0 Å². The quantitative estimate of drug-likeness (QED) is 0.506. The van der Waals surface area contributed by atoms with E-state index in [1.165, 1.54) is 22.1 Å². The molecule has 3 aromatic carbocycles. The highest BCUT2D eigenvalue weighted by Gasteiger charge is 2.15. The zero-order chi connectivity index (χ0) is 16.5. The number of aromatic amines is 1. The number of rotatable bonds is 3. The Morgan fingerprint density at radius 1 is 0.792 bits per heavy atom. The Morgan fingerprint density at radius 2 is 1.54 bits per heavy atom. The van der Waals surface area contributed by atoms with Gasteiger partial charge >= 0.3 is 0 Å². The molecule has 0 saturated heterocycles. The average Bonchev–Trinajstić information content (AvgIpc) is 3.01. The maximum absolute atomic E-state index is 5.28. The molecule has 0 aliphatic heterocycles. The highest BCUT2D eigenvalue weighted by Crippen LogP contribution is 2.38. The van der Waals surface area contributed by atoms with Crippen LogP contribution in [0, 0.1) is 6.92 Å². The van der Waals surface area contributed by atoms with Gasteiger partial charge in [-0.25, -0.2) is 0 Å². The smallest absolute Gasteiger partial charge is 0.118 e. The Hall–Kier alpha value is -3.00. The molecule has 4 rings (SSSR count). The summed E-state index contributed by atoms with van der Waals surface area (Å²) in [7, 11) is 1.69. The Bertz CT molecular complexity index is 982. The van der Waals surface area contributed by atoms with E-state index >= 15 is 0 Å². The SMILES string of the molecule is COc1ccc(-c2[nH]c3ccc(C)cc3c2-c2ccccc2)cc1. The number of hydrogen-bond acceptors (Lipinski definition) is 1. The van der Waals surface area contributed by atoms with Crippen molar-refractivity contribution in [1.29, 1.82) is 0 Å². The molecule has 0 amide bonds. The van der Waals surface area contributed by atoms with Crippen LogP contribution in [0.2, 0.25) is 0 Å². The Kier molecular flexibility index (Phi) is 3.58. The van der Waals surface area contributed by atoms with Crippen molar-refractivity contribution >= 4 is 10.9 Å². The van der Waals surface area contributed by atoms with Crippen molar-refractivity contribution in [3.8, 4) is 28.1 Å². The molecule has 0 atom stereocenters. The molecule has 0 spiro atoms. The first kappa shape index (κ1) is 14.6. The van der Waals surface area contributed by atoms with Crippen molar-refractivity contribution in [2.45, 2.75) is 6.92 Å². The van der Waals surface area contributed by atoms with E-state index < -0.39 is 0 Å². The van der Waals surface area contributed by atoms with Crippen molar-refractivity contribution < 1.29 is 4.74 Å². The second-order valence-electron chi connectivity index (χ2n) is 6.02. The zero-order valence-electron chi connectivity index (χ0n) is 13.8. The van der Waals surface area contributed by atoms with Gasteiger partial charge in [-0.2, -0.15) is 0 Å². The van der Waals surface area contributed by atoms with Gasteiger partial charge in [0.1, 0.15) is 5.75 Å². The van der Waals surface area contributed by atoms with Gasteiger partial charge in [0.25, 0.3) is 0 Å². The molecule has 1 heterocycles. The van der Waals surface area contributed by atoms with Crippen molar-refractivity contribution in [1.82, 2.24) is 4.98 Å². The number of benzene rings is 3. The van der Waals surface area contributed by atoms with Crippen LogP contribution >= 0.6 is 0 Å². The van der Waals surface area contributed by atoms with Gasteiger partial charge < -0.3 is 9.72 Å². The molecule has 0 unspecified atom stereocenters. The largest absolute Gasteiger partial charge is 0.497 e. The van der Waals surface area contributed by atoms with Gasteiger partial charge in [0.05, 0.1) is 12.8 Å². The molecule has 0 saturated carbocycles. The summed E-state index contributed by atoms with van der Waals surface area (Å²) in [5.74, 6) is 0.868. The van der Waals surface area contributed by atoms with Crippen molar-refractivity contribution in [3.63, 3.8) is 0 Å². The molecule has 0 bridgehead atoms. The van der Waals surface area contributed by atoms with Gasteiger partial charge in [0.15, 0.2) is 0 Å². The van der Waals surface area contributed by atoms with Crippen molar-refractivity contribution in [2.75, 3.05) is 7.11 Å². The van der Waals surface area contributed by atoms with E-state index in [0.29, 0.717) is 0 Å². The topological polar surface area (TPSA) is 25.0 Å². The summed E-state index contributed by atoms with van der Waals surface area (Å²) in [5, 5.41) is 1.26. The lowest BCUT2D eigenvalue weighted by atomic mass is 9.98. The van der Waals surface area contributed by atoms with Crippen LogP contribution in [0.15, 0.2) is 72.8 Å².